The van der Waals surface area contributed by atoms with Crippen LogP contribution in [0.5, 0.6) is 5.75 Å². The molecule has 2 rings (SSSR count). The Kier molecular flexibility index (Phi) is 7.64. The molecule has 0 amide bonds. The van der Waals surface area contributed by atoms with Gasteiger partial charge in [0.25, 0.3) is 0 Å². The highest BCUT2D eigenvalue weighted by Gasteiger charge is 2.13. The highest BCUT2D eigenvalue weighted by atomic mass is 127. The molecule has 3 N–H and O–H groups in total. The lowest BCUT2D eigenvalue weighted by atomic mass is 9.96. The molecule has 0 spiro atoms. The number of aliphatic imine (C=N–C) groups is 1. The Morgan fingerprint density at radius 2 is 2.15 bits per heavy atom. The van der Waals surface area contributed by atoms with E-state index in [0.29, 0.717) is 18.5 Å². The van der Waals surface area contributed by atoms with E-state index in [1.807, 2.05) is 12.1 Å². The average Bonchev–Trinajstić information content (AvgIpc) is 2.47. The Hall–Kier alpha value is -1.05. The lowest BCUT2D eigenvalue weighted by Crippen LogP contribution is -2.41. The van der Waals surface area contributed by atoms with Gasteiger partial charge in [-0.2, -0.15) is 0 Å². The van der Waals surface area contributed by atoms with Crippen molar-refractivity contribution in [3.05, 3.63) is 24.0 Å². The van der Waals surface area contributed by atoms with Gasteiger partial charge in [0.15, 0.2) is 5.96 Å². The van der Waals surface area contributed by atoms with E-state index < -0.39 is 0 Å². The molecule has 1 aliphatic rings. The Balaban J connectivity index is 0.00000200. The van der Waals surface area contributed by atoms with Gasteiger partial charge in [0, 0.05) is 6.04 Å². The molecule has 1 fully saturated rings. The number of aromatic nitrogens is 1. The van der Waals surface area contributed by atoms with Crippen LogP contribution in [0.25, 0.3) is 0 Å². The van der Waals surface area contributed by atoms with Crippen LogP contribution in [0.4, 0.5) is 0 Å². The van der Waals surface area contributed by atoms with Gasteiger partial charge in [0.05, 0.1) is 25.5 Å². The third-order valence-corrected chi connectivity index (χ3v) is 3.40. The van der Waals surface area contributed by atoms with Crippen molar-refractivity contribution < 1.29 is 4.74 Å². The van der Waals surface area contributed by atoms with Gasteiger partial charge >= 0.3 is 0 Å². The first-order valence-electron chi connectivity index (χ1n) is 6.83. The van der Waals surface area contributed by atoms with Crippen molar-refractivity contribution in [2.24, 2.45) is 10.7 Å². The number of guanidine groups is 1. The van der Waals surface area contributed by atoms with Crippen LogP contribution in [0, 0.1) is 0 Å². The number of methoxy groups -OCH3 is 1. The molecule has 0 radical (unpaired) electrons. The number of halogens is 1. The summed E-state index contributed by atoms with van der Waals surface area (Å²) in [5.41, 5.74) is 6.78. The molecule has 0 atom stereocenters. The molecule has 1 heterocycles. The molecule has 1 aliphatic carbocycles. The minimum absolute atomic E-state index is 0. The van der Waals surface area contributed by atoms with E-state index in [4.69, 9.17) is 10.5 Å². The summed E-state index contributed by atoms with van der Waals surface area (Å²) in [6, 6.07) is 4.26. The van der Waals surface area contributed by atoms with Crippen LogP contribution in [-0.4, -0.2) is 24.1 Å². The summed E-state index contributed by atoms with van der Waals surface area (Å²) in [5, 5.41) is 3.29. The van der Waals surface area contributed by atoms with Gasteiger partial charge < -0.3 is 15.8 Å². The second-order valence-electron chi connectivity index (χ2n) is 4.87. The summed E-state index contributed by atoms with van der Waals surface area (Å²) in [6.45, 7) is 0.496. The van der Waals surface area contributed by atoms with Gasteiger partial charge in [0.1, 0.15) is 5.75 Å². The largest absolute Gasteiger partial charge is 0.495 e. The molecule has 6 heteroatoms. The van der Waals surface area contributed by atoms with Crippen molar-refractivity contribution in [2.75, 3.05) is 7.11 Å². The molecule has 0 saturated heterocycles. The predicted octanol–water partition coefficient (Wildman–Crippen LogP) is 2.45. The Morgan fingerprint density at radius 3 is 2.75 bits per heavy atom. The van der Waals surface area contributed by atoms with Crippen molar-refractivity contribution in [3.63, 3.8) is 0 Å². The molecule has 0 aromatic carbocycles. The van der Waals surface area contributed by atoms with E-state index in [-0.39, 0.29) is 24.0 Å². The van der Waals surface area contributed by atoms with Crippen LogP contribution in [0.1, 0.15) is 37.8 Å². The summed E-state index contributed by atoms with van der Waals surface area (Å²) < 4.78 is 5.06. The Labute approximate surface area is 137 Å². The standard InChI is InChI=1S/C14H22N4O.HI/c1-19-13-8-7-12(16-10-13)9-17-14(15)18-11-5-3-2-4-6-11;/h7-8,10-11H,2-6,9H2,1H3,(H3,15,17,18);1H. The average molecular weight is 390 g/mol. The van der Waals surface area contributed by atoms with Gasteiger partial charge in [0.2, 0.25) is 0 Å². The van der Waals surface area contributed by atoms with Crippen molar-refractivity contribution in [1.29, 1.82) is 0 Å². The van der Waals surface area contributed by atoms with E-state index in [1.165, 1.54) is 32.1 Å². The first-order chi connectivity index (χ1) is 9.28. The lowest BCUT2D eigenvalue weighted by Gasteiger charge is -2.23. The van der Waals surface area contributed by atoms with E-state index in [1.54, 1.807) is 13.3 Å². The first-order valence-corrected chi connectivity index (χ1v) is 6.83. The monoisotopic (exact) mass is 390 g/mol. The molecule has 1 aromatic rings. The van der Waals surface area contributed by atoms with Gasteiger partial charge in [-0.1, -0.05) is 19.3 Å². The minimum atomic E-state index is 0. The summed E-state index contributed by atoms with van der Waals surface area (Å²) >= 11 is 0. The summed E-state index contributed by atoms with van der Waals surface area (Å²) in [5.74, 6) is 1.27. The summed E-state index contributed by atoms with van der Waals surface area (Å²) in [4.78, 5) is 8.58. The number of nitrogens with zero attached hydrogens (tertiary/aromatic N) is 2. The molecular formula is C14H23IN4O. The molecule has 0 bridgehead atoms. The zero-order valence-corrected chi connectivity index (χ0v) is 14.2. The van der Waals surface area contributed by atoms with Crippen LogP contribution in [0.2, 0.25) is 0 Å². The summed E-state index contributed by atoms with van der Waals surface area (Å²) in [7, 11) is 1.63. The second-order valence-corrected chi connectivity index (χ2v) is 4.87. The molecular weight excluding hydrogens is 367 g/mol. The van der Waals surface area contributed by atoms with Gasteiger partial charge in [-0.3, -0.25) is 4.98 Å². The number of hydrogen-bond acceptors (Lipinski definition) is 3. The van der Waals surface area contributed by atoms with E-state index in [2.05, 4.69) is 15.3 Å². The van der Waals surface area contributed by atoms with Crippen molar-refractivity contribution in [1.82, 2.24) is 10.3 Å². The fourth-order valence-electron chi connectivity index (χ4n) is 2.29. The molecule has 20 heavy (non-hydrogen) atoms. The van der Waals surface area contributed by atoms with Crippen LogP contribution < -0.4 is 15.8 Å². The lowest BCUT2D eigenvalue weighted by molar-refractivity contribution is 0.412. The number of nitrogens with one attached hydrogen (secondary N) is 1. The third-order valence-electron chi connectivity index (χ3n) is 3.40. The third kappa shape index (κ3) is 5.52. The van der Waals surface area contributed by atoms with Crippen molar-refractivity contribution >= 4 is 29.9 Å². The molecule has 1 aromatic heterocycles. The fourth-order valence-corrected chi connectivity index (χ4v) is 2.29. The fraction of sp³-hybridized carbons (Fsp3) is 0.571. The summed E-state index contributed by atoms with van der Waals surface area (Å²) in [6.07, 6.45) is 7.98. The van der Waals surface area contributed by atoms with Gasteiger partial charge in [-0.15, -0.1) is 24.0 Å². The number of nitrogens with two attached hydrogens (primary N) is 1. The van der Waals surface area contributed by atoms with Crippen LogP contribution in [0.15, 0.2) is 23.3 Å². The second kappa shape index (κ2) is 8.99. The molecule has 5 nitrogen and oxygen atoms in total. The number of pyridine rings is 1. The highest BCUT2D eigenvalue weighted by molar-refractivity contribution is 14.0. The maximum absolute atomic E-state index is 5.89. The smallest absolute Gasteiger partial charge is 0.189 e. The van der Waals surface area contributed by atoms with Crippen molar-refractivity contribution in [2.45, 2.75) is 44.7 Å². The normalized spacial score (nSPS) is 16.4. The minimum Gasteiger partial charge on any atom is -0.495 e. The zero-order valence-electron chi connectivity index (χ0n) is 11.8. The van der Waals surface area contributed by atoms with E-state index in [9.17, 15) is 0 Å². The quantitative estimate of drug-likeness (QED) is 0.471. The van der Waals surface area contributed by atoms with Crippen LogP contribution >= 0.6 is 24.0 Å². The van der Waals surface area contributed by atoms with Gasteiger partial charge in [-0.05, 0) is 25.0 Å². The SMILES string of the molecule is COc1ccc(CN=C(N)NC2CCCCC2)nc1.I. The maximum Gasteiger partial charge on any atom is 0.189 e. The first kappa shape index (κ1) is 17.0. The van der Waals surface area contributed by atoms with Crippen LogP contribution in [-0.2, 0) is 6.54 Å². The Morgan fingerprint density at radius 1 is 1.40 bits per heavy atom. The van der Waals surface area contributed by atoms with E-state index in [0.717, 1.165) is 11.4 Å². The van der Waals surface area contributed by atoms with Gasteiger partial charge in [-0.25, -0.2) is 4.99 Å². The van der Waals surface area contributed by atoms with Crippen LogP contribution in [0.3, 0.4) is 0 Å². The van der Waals surface area contributed by atoms with E-state index >= 15 is 0 Å². The molecule has 0 unspecified atom stereocenters. The molecule has 112 valence electrons. The highest BCUT2D eigenvalue weighted by Crippen LogP contribution is 2.17. The topological polar surface area (TPSA) is 72.5 Å². The maximum atomic E-state index is 5.89. The Bertz CT molecular complexity index is 416. The number of rotatable bonds is 4. The number of ether oxygens (including phenoxy) is 1. The number of hydrogen-bond donors (Lipinski definition) is 2. The molecule has 0 aliphatic heterocycles. The molecule has 1 saturated carbocycles. The van der Waals surface area contributed by atoms with Crippen molar-refractivity contribution in [3.8, 4) is 5.75 Å². The zero-order chi connectivity index (χ0) is 13.5. The predicted molar refractivity (Wildman–Crippen MR) is 91.5 cm³/mol.